The lowest BCUT2D eigenvalue weighted by Gasteiger charge is -2.23. The molecular formula is C20H30N4O4. The lowest BCUT2D eigenvalue weighted by molar-refractivity contribution is -0.393. The van der Waals surface area contributed by atoms with Crippen molar-refractivity contribution in [3.8, 4) is 0 Å². The summed E-state index contributed by atoms with van der Waals surface area (Å²) in [5.74, 6) is 1.00. The molecule has 154 valence electrons. The smallest absolute Gasteiger partial charge is 0.299 e. The SMILES string of the molecule is O=[N+]([O-])c1cc([N+](=O)[O-])c(NCC2CCCCC2)cc1NCC1CCCCC1. The van der Waals surface area contributed by atoms with Crippen molar-refractivity contribution in [3.05, 3.63) is 32.4 Å². The first-order valence-electron chi connectivity index (χ1n) is 10.5. The summed E-state index contributed by atoms with van der Waals surface area (Å²) in [5.41, 5.74) is 0.274. The molecule has 2 fully saturated rings. The highest BCUT2D eigenvalue weighted by Gasteiger charge is 2.26. The van der Waals surface area contributed by atoms with Crippen LogP contribution < -0.4 is 10.6 Å². The Kier molecular flexibility index (Phi) is 7.06. The standard InChI is InChI=1S/C20H30N4O4/c25-23(26)19-12-20(24(27)28)18(22-14-16-9-5-2-6-10-16)11-17(19)21-13-15-7-3-1-4-8-15/h11-12,15-16,21-22H,1-10,13-14H2. The van der Waals surface area contributed by atoms with Gasteiger partial charge >= 0.3 is 0 Å². The topological polar surface area (TPSA) is 110 Å². The molecule has 0 spiro atoms. The monoisotopic (exact) mass is 390 g/mol. The normalized spacial score (nSPS) is 18.6. The summed E-state index contributed by atoms with van der Waals surface area (Å²) in [5, 5.41) is 29.4. The highest BCUT2D eigenvalue weighted by atomic mass is 16.6. The summed E-state index contributed by atoms with van der Waals surface area (Å²) in [6.07, 6.45) is 11.8. The first kappa shape index (κ1) is 20.4. The zero-order valence-corrected chi connectivity index (χ0v) is 16.3. The van der Waals surface area contributed by atoms with Crippen LogP contribution in [0.25, 0.3) is 0 Å². The average molecular weight is 390 g/mol. The number of nitro benzene ring substituents is 2. The molecule has 0 saturated heterocycles. The Balaban J connectivity index is 1.77. The molecule has 0 aromatic heterocycles. The van der Waals surface area contributed by atoms with E-state index in [0.717, 1.165) is 31.7 Å². The van der Waals surface area contributed by atoms with Crippen LogP contribution in [0.1, 0.15) is 64.2 Å². The summed E-state index contributed by atoms with van der Waals surface area (Å²) < 4.78 is 0. The van der Waals surface area contributed by atoms with Gasteiger partial charge in [0.05, 0.1) is 15.9 Å². The summed E-state index contributed by atoms with van der Waals surface area (Å²) >= 11 is 0. The van der Waals surface area contributed by atoms with Gasteiger partial charge in [-0.2, -0.15) is 0 Å². The van der Waals surface area contributed by atoms with Gasteiger partial charge in [0.1, 0.15) is 11.4 Å². The van der Waals surface area contributed by atoms with E-state index in [4.69, 9.17) is 0 Å². The van der Waals surface area contributed by atoms with Crippen LogP contribution in [0.5, 0.6) is 0 Å². The largest absolute Gasteiger partial charge is 0.379 e. The lowest BCUT2D eigenvalue weighted by Crippen LogP contribution is -2.19. The Hall–Kier alpha value is -2.38. The van der Waals surface area contributed by atoms with Crippen molar-refractivity contribution in [2.45, 2.75) is 64.2 Å². The number of hydrogen-bond donors (Lipinski definition) is 2. The number of nitrogens with one attached hydrogen (secondary N) is 2. The van der Waals surface area contributed by atoms with E-state index in [-0.39, 0.29) is 11.4 Å². The Morgan fingerprint density at radius 2 is 1.11 bits per heavy atom. The molecule has 1 aromatic rings. The third-order valence-corrected chi connectivity index (χ3v) is 6.12. The van der Waals surface area contributed by atoms with Crippen molar-refractivity contribution in [1.29, 1.82) is 0 Å². The molecule has 2 aliphatic carbocycles. The van der Waals surface area contributed by atoms with Gasteiger partial charge in [0.2, 0.25) is 0 Å². The number of hydrogen-bond acceptors (Lipinski definition) is 6. The number of anilines is 2. The minimum atomic E-state index is -0.541. The van der Waals surface area contributed by atoms with E-state index in [0.29, 0.717) is 36.3 Å². The van der Waals surface area contributed by atoms with Gasteiger partial charge in [-0.25, -0.2) is 0 Å². The maximum absolute atomic E-state index is 11.5. The van der Waals surface area contributed by atoms with Gasteiger partial charge in [-0.05, 0) is 43.6 Å². The Bertz CT molecular complexity index is 642. The van der Waals surface area contributed by atoms with E-state index >= 15 is 0 Å². The van der Waals surface area contributed by atoms with E-state index in [1.165, 1.54) is 38.5 Å². The van der Waals surface area contributed by atoms with Crippen LogP contribution in [0.2, 0.25) is 0 Å². The van der Waals surface area contributed by atoms with Crippen molar-refractivity contribution in [2.75, 3.05) is 23.7 Å². The van der Waals surface area contributed by atoms with Gasteiger partial charge in [0, 0.05) is 13.1 Å². The number of nitrogens with zero attached hydrogens (tertiary/aromatic N) is 2. The number of benzene rings is 1. The van der Waals surface area contributed by atoms with E-state index in [2.05, 4.69) is 10.6 Å². The van der Waals surface area contributed by atoms with E-state index < -0.39 is 9.85 Å². The van der Waals surface area contributed by atoms with Crippen LogP contribution in [0.3, 0.4) is 0 Å². The lowest BCUT2D eigenvalue weighted by atomic mass is 9.89. The molecule has 28 heavy (non-hydrogen) atoms. The predicted molar refractivity (Wildman–Crippen MR) is 110 cm³/mol. The summed E-state index contributed by atoms with van der Waals surface area (Å²) in [6.45, 7) is 1.33. The fraction of sp³-hybridized carbons (Fsp3) is 0.700. The average Bonchev–Trinajstić information content (AvgIpc) is 2.71. The number of nitro groups is 2. The molecule has 0 radical (unpaired) electrons. The Labute approximate surface area is 165 Å². The molecule has 8 nitrogen and oxygen atoms in total. The Morgan fingerprint density at radius 3 is 1.46 bits per heavy atom. The van der Waals surface area contributed by atoms with Crippen molar-refractivity contribution < 1.29 is 9.85 Å². The second-order valence-electron chi connectivity index (χ2n) is 8.17. The molecule has 0 heterocycles. The second kappa shape index (κ2) is 9.71. The van der Waals surface area contributed by atoms with Gasteiger partial charge in [0.25, 0.3) is 11.4 Å². The van der Waals surface area contributed by atoms with Gasteiger partial charge < -0.3 is 10.6 Å². The molecule has 0 atom stereocenters. The molecule has 0 bridgehead atoms. The van der Waals surface area contributed by atoms with Crippen molar-refractivity contribution in [1.82, 2.24) is 0 Å². The van der Waals surface area contributed by atoms with Crippen molar-refractivity contribution in [3.63, 3.8) is 0 Å². The second-order valence-corrected chi connectivity index (χ2v) is 8.17. The highest BCUT2D eigenvalue weighted by Crippen LogP contribution is 2.37. The maximum atomic E-state index is 11.5. The molecule has 8 heteroatoms. The number of rotatable bonds is 8. The molecule has 2 N–H and O–H groups in total. The zero-order chi connectivity index (χ0) is 19.9. The predicted octanol–water partition coefficient (Wildman–Crippen LogP) is 5.49. The molecule has 3 rings (SSSR count). The fourth-order valence-corrected chi connectivity index (χ4v) is 4.45. The molecule has 2 saturated carbocycles. The zero-order valence-electron chi connectivity index (χ0n) is 16.3. The Morgan fingerprint density at radius 1 is 0.714 bits per heavy atom. The van der Waals surface area contributed by atoms with Crippen LogP contribution in [0, 0.1) is 32.1 Å². The van der Waals surface area contributed by atoms with E-state index in [9.17, 15) is 20.2 Å². The molecule has 1 aromatic carbocycles. The molecule has 0 unspecified atom stereocenters. The third-order valence-electron chi connectivity index (χ3n) is 6.12. The van der Waals surface area contributed by atoms with Crippen LogP contribution >= 0.6 is 0 Å². The summed E-state index contributed by atoms with van der Waals surface area (Å²) in [6, 6.07) is 2.65. The van der Waals surface area contributed by atoms with Gasteiger partial charge in [-0.3, -0.25) is 20.2 Å². The minimum Gasteiger partial charge on any atom is -0.379 e. The van der Waals surface area contributed by atoms with Crippen molar-refractivity contribution >= 4 is 22.7 Å². The molecular weight excluding hydrogens is 360 g/mol. The quantitative estimate of drug-likeness (QED) is 0.449. The van der Waals surface area contributed by atoms with E-state index in [1.54, 1.807) is 6.07 Å². The fourth-order valence-electron chi connectivity index (χ4n) is 4.45. The third kappa shape index (κ3) is 5.33. The molecule has 0 amide bonds. The first-order valence-corrected chi connectivity index (χ1v) is 10.5. The van der Waals surface area contributed by atoms with Crippen LogP contribution in [-0.4, -0.2) is 22.9 Å². The van der Waals surface area contributed by atoms with Crippen LogP contribution in [0.4, 0.5) is 22.7 Å². The minimum absolute atomic E-state index is 0.231. The van der Waals surface area contributed by atoms with Gasteiger partial charge in [-0.1, -0.05) is 38.5 Å². The van der Waals surface area contributed by atoms with Crippen molar-refractivity contribution in [2.24, 2.45) is 11.8 Å². The van der Waals surface area contributed by atoms with Gasteiger partial charge in [-0.15, -0.1) is 0 Å². The maximum Gasteiger partial charge on any atom is 0.299 e. The summed E-state index contributed by atoms with van der Waals surface area (Å²) in [4.78, 5) is 21.9. The summed E-state index contributed by atoms with van der Waals surface area (Å²) in [7, 11) is 0. The highest BCUT2D eigenvalue weighted by molar-refractivity contribution is 5.76. The first-order chi connectivity index (χ1) is 13.5. The molecule has 0 aliphatic heterocycles. The van der Waals surface area contributed by atoms with Crippen LogP contribution in [-0.2, 0) is 0 Å². The van der Waals surface area contributed by atoms with Crippen LogP contribution in [0.15, 0.2) is 12.1 Å². The van der Waals surface area contributed by atoms with E-state index in [1.807, 2.05) is 0 Å². The molecule has 2 aliphatic rings. The van der Waals surface area contributed by atoms with Gasteiger partial charge in [0.15, 0.2) is 0 Å².